The normalized spacial score (nSPS) is 15.0. The van der Waals surface area contributed by atoms with E-state index in [-0.39, 0.29) is 5.54 Å². The molecule has 0 saturated heterocycles. The molecule has 2 heterocycles. The summed E-state index contributed by atoms with van der Waals surface area (Å²) >= 11 is 0. The summed E-state index contributed by atoms with van der Waals surface area (Å²) in [7, 11) is 3.58. The number of fused-ring (bicyclic) bond motifs is 3. The van der Waals surface area contributed by atoms with Crippen molar-refractivity contribution < 1.29 is 4.74 Å². The Bertz CT molecular complexity index is 1030. The van der Waals surface area contributed by atoms with Crippen LogP contribution in [0, 0.1) is 6.92 Å². The molecule has 0 radical (unpaired) electrons. The first kappa shape index (κ1) is 18.3. The fraction of sp³-hybridized carbons (Fsp3) is 0.318. The molecule has 0 bridgehead atoms. The summed E-state index contributed by atoms with van der Waals surface area (Å²) in [5.41, 5.74) is 5.89. The Morgan fingerprint density at radius 2 is 1.85 bits per heavy atom. The van der Waals surface area contributed by atoms with Crippen LogP contribution in [0.5, 0.6) is 5.75 Å². The Kier molecular flexibility index (Phi) is 4.82. The van der Waals surface area contributed by atoms with Crippen LogP contribution in [0.4, 0.5) is 11.4 Å². The fourth-order valence-electron chi connectivity index (χ4n) is 3.36. The van der Waals surface area contributed by atoms with E-state index in [0.29, 0.717) is 0 Å². The maximum absolute atomic E-state index is 5.68. The maximum Gasteiger partial charge on any atom is 0.135 e. The van der Waals surface area contributed by atoms with Gasteiger partial charge in [-0.1, -0.05) is 45.8 Å². The van der Waals surface area contributed by atoms with E-state index in [1.807, 2.05) is 34.6 Å². The number of hydrogen-bond donors (Lipinski definition) is 1. The van der Waals surface area contributed by atoms with Crippen molar-refractivity contribution in [3.8, 4) is 16.9 Å². The van der Waals surface area contributed by atoms with Crippen LogP contribution in [0.3, 0.4) is 0 Å². The quantitative estimate of drug-likeness (QED) is 0.513. The van der Waals surface area contributed by atoms with Gasteiger partial charge >= 0.3 is 0 Å². The van der Waals surface area contributed by atoms with Crippen LogP contribution in [0.2, 0.25) is 0 Å². The standard InChI is InChI=1S/C22H24N2OS2/c1-5-13-25-16-11-9-15(10-12-16)23-21-18-17-8-6-7-14(2)19(17)24-22(3,4)20(18)26-27-21/h6-12,24H,5,13H2,1-4H3. The number of benzene rings is 2. The lowest BCUT2D eigenvalue weighted by molar-refractivity contribution is 0.317. The van der Waals surface area contributed by atoms with Gasteiger partial charge in [0, 0.05) is 16.8 Å². The molecule has 0 spiro atoms. The van der Waals surface area contributed by atoms with Gasteiger partial charge in [-0.3, -0.25) is 0 Å². The highest BCUT2D eigenvalue weighted by Crippen LogP contribution is 2.46. The minimum atomic E-state index is -0.0960. The number of nitrogens with zero attached hydrogens (tertiary/aromatic N) is 1. The van der Waals surface area contributed by atoms with E-state index >= 15 is 0 Å². The Morgan fingerprint density at radius 1 is 1.07 bits per heavy atom. The molecule has 5 heteroatoms. The molecule has 0 saturated carbocycles. The molecule has 3 aromatic rings. The van der Waals surface area contributed by atoms with Gasteiger partial charge in [-0.15, -0.1) is 0 Å². The van der Waals surface area contributed by atoms with E-state index in [0.717, 1.165) is 29.1 Å². The fourth-order valence-corrected chi connectivity index (χ4v) is 6.29. The van der Waals surface area contributed by atoms with E-state index in [9.17, 15) is 0 Å². The number of rotatable bonds is 4. The highest BCUT2D eigenvalue weighted by molar-refractivity contribution is 7.68. The number of para-hydroxylation sites is 1. The molecule has 1 aliphatic rings. The van der Waals surface area contributed by atoms with E-state index in [1.54, 1.807) is 10.3 Å². The number of aryl methyl sites for hydroxylation is 1. The first-order valence-electron chi connectivity index (χ1n) is 9.29. The second kappa shape index (κ2) is 7.13. The highest BCUT2D eigenvalue weighted by atomic mass is 32.9. The molecule has 27 heavy (non-hydrogen) atoms. The van der Waals surface area contributed by atoms with E-state index in [1.165, 1.54) is 27.3 Å². The van der Waals surface area contributed by atoms with Gasteiger partial charge in [0.15, 0.2) is 0 Å². The zero-order chi connectivity index (χ0) is 19.0. The highest BCUT2D eigenvalue weighted by Gasteiger charge is 2.34. The summed E-state index contributed by atoms with van der Waals surface area (Å²) in [6, 6.07) is 14.6. The molecule has 140 valence electrons. The Morgan fingerprint density at radius 3 is 2.59 bits per heavy atom. The van der Waals surface area contributed by atoms with Gasteiger partial charge in [-0.05, 0) is 57.0 Å². The molecule has 3 nitrogen and oxygen atoms in total. The van der Waals surface area contributed by atoms with Gasteiger partial charge < -0.3 is 10.1 Å². The number of anilines is 1. The first-order chi connectivity index (χ1) is 13.0. The lowest BCUT2D eigenvalue weighted by Crippen LogP contribution is -2.32. The number of nitrogens with one attached hydrogen (secondary N) is 1. The Labute approximate surface area is 167 Å². The second-order valence-electron chi connectivity index (χ2n) is 7.38. The molecule has 4 rings (SSSR count). The molecular weight excluding hydrogens is 372 g/mol. The third-order valence-electron chi connectivity index (χ3n) is 4.73. The molecule has 1 aromatic heterocycles. The van der Waals surface area contributed by atoms with Crippen molar-refractivity contribution in [3.63, 3.8) is 0 Å². The van der Waals surface area contributed by atoms with Crippen LogP contribution >= 0.6 is 20.7 Å². The van der Waals surface area contributed by atoms with E-state index < -0.39 is 0 Å². The summed E-state index contributed by atoms with van der Waals surface area (Å²) in [6.07, 6.45) is 1.01. The average molecular weight is 397 g/mol. The smallest absolute Gasteiger partial charge is 0.135 e. The lowest BCUT2D eigenvalue weighted by atomic mass is 9.88. The average Bonchev–Trinajstić information content (AvgIpc) is 3.07. The second-order valence-corrected chi connectivity index (χ2v) is 9.51. The minimum Gasteiger partial charge on any atom is -0.494 e. The SMILES string of the molecule is CCCOc1ccc(N=c2ssc3c2-c2cccc(C)c2NC3(C)C)cc1. The van der Waals surface area contributed by atoms with Crippen LogP contribution in [-0.4, -0.2) is 6.61 Å². The van der Waals surface area contributed by atoms with Gasteiger partial charge in [0.2, 0.25) is 0 Å². The first-order valence-corrected chi connectivity index (χ1v) is 11.4. The summed E-state index contributed by atoms with van der Waals surface area (Å²) in [5.74, 6) is 0.901. The molecule has 0 fully saturated rings. The third kappa shape index (κ3) is 3.42. The maximum atomic E-state index is 5.68. The zero-order valence-electron chi connectivity index (χ0n) is 16.1. The van der Waals surface area contributed by atoms with Crippen molar-refractivity contribution in [2.24, 2.45) is 4.99 Å². The Balaban J connectivity index is 1.81. The molecule has 0 amide bonds. The summed E-state index contributed by atoms with van der Waals surface area (Å²) < 4.78 is 6.76. The summed E-state index contributed by atoms with van der Waals surface area (Å²) in [6.45, 7) is 9.51. The van der Waals surface area contributed by atoms with E-state index in [2.05, 4.69) is 51.2 Å². The van der Waals surface area contributed by atoms with Crippen molar-refractivity contribution in [2.75, 3.05) is 11.9 Å². The van der Waals surface area contributed by atoms with Crippen molar-refractivity contribution in [3.05, 3.63) is 57.6 Å². The van der Waals surface area contributed by atoms with Gasteiger partial charge in [0.25, 0.3) is 0 Å². The van der Waals surface area contributed by atoms with Gasteiger partial charge in [-0.25, -0.2) is 4.99 Å². The van der Waals surface area contributed by atoms with Crippen molar-refractivity contribution in [1.29, 1.82) is 0 Å². The zero-order valence-corrected chi connectivity index (χ0v) is 17.8. The topological polar surface area (TPSA) is 33.6 Å². The van der Waals surface area contributed by atoms with Gasteiger partial charge in [0.05, 0.1) is 22.7 Å². The number of hydrogen-bond acceptors (Lipinski definition) is 5. The van der Waals surface area contributed by atoms with Crippen molar-refractivity contribution in [2.45, 2.75) is 39.7 Å². The van der Waals surface area contributed by atoms with Crippen LogP contribution < -0.4 is 14.7 Å². The lowest BCUT2D eigenvalue weighted by Gasteiger charge is -2.34. The predicted octanol–water partition coefficient (Wildman–Crippen LogP) is 6.47. The van der Waals surface area contributed by atoms with Crippen LogP contribution in [0.25, 0.3) is 11.1 Å². The Hall–Kier alpha value is -2.11. The van der Waals surface area contributed by atoms with Crippen molar-refractivity contribution in [1.82, 2.24) is 0 Å². The summed E-state index contributed by atoms with van der Waals surface area (Å²) in [4.78, 5) is 6.33. The predicted molar refractivity (Wildman–Crippen MR) is 116 cm³/mol. The molecular formula is C22H24N2OS2. The van der Waals surface area contributed by atoms with Gasteiger partial charge in [0.1, 0.15) is 10.4 Å². The molecule has 0 aliphatic carbocycles. The van der Waals surface area contributed by atoms with Crippen LogP contribution in [-0.2, 0) is 5.54 Å². The molecule has 1 N–H and O–H groups in total. The molecule has 0 unspecified atom stereocenters. The number of ether oxygens (including phenoxy) is 1. The van der Waals surface area contributed by atoms with Crippen molar-refractivity contribution >= 4 is 32.1 Å². The van der Waals surface area contributed by atoms with Gasteiger partial charge in [-0.2, -0.15) is 0 Å². The molecule has 1 aliphatic heterocycles. The largest absolute Gasteiger partial charge is 0.494 e. The third-order valence-corrected chi connectivity index (χ3v) is 7.37. The minimum absolute atomic E-state index is 0.0960. The van der Waals surface area contributed by atoms with Crippen LogP contribution in [0.1, 0.15) is 37.6 Å². The van der Waals surface area contributed by atoms with E-state index in [4.69, 9.17) is 9.73 Å². The van der Waals surface area contributed by atoms with Crippen LogP contribution in [0.15, 0.2) is 47.5 Å². The monoisotopic (exact) mass is 396 g/mol. The molecule has 2 aromatic carbocycles. The summed E-state index contributed by atoms with van der Waals surface area (Å²) in [5, 5.41) is 3.72. The molecule has 0 atom stereocenters.